The van der Waals surface area contributed by atoms with Crippen LogP contribution in [0.5, 0.6) is 0 Å². The Morgan fingerprint density at radius 1 is 1.28 bits per heavy atom. The number of likely N-dealkylation sites (tertiary alicyclic amines) is 1. The van der Waals surface area contributed by atoms with Crippen LogP contribution in [0.2, 0.25) is 0 Å². The second-order valence-electron chi connectivity index (χ2n) is 6.50. The highest BCUT2D eigenvalue weighted by molar-refractivity contribution is 7.11. The summed E-state index contributed by atoms with van der Waals surface area (Å²) >= 11 is 1.62. The lowest BCUT2D eigenvalue weighted by atomic mass is 9.98. The molecule has 0 spiro atoms. The van der Waals surface area contributed by atoms with Crippen molar-refractivity contribution in [3.05, 3.63) is 45.9 Å². The zero-order valence-corrected chi connectivity index (χ0v) is 15.3. The fraction of sp³-hybridized carbons (Fsp3) is 0.444. The first kappa shape index (κ1) is 16.2. The second kappa shape index (κ2) is 6.55. The lowest BCUT2D eigenvalue weighted by Gasteiger charge is -2.35. The van der Waals surface area contributed by atoms with E-state index >= 15 is 0 Å². The van der Waals surface area contributed by atoms with Crippen LogP contribution in [-0.4, -0.2) is 36.7 Å². The maximum Gasteiger partial charge on any atom is 0.233 e. The van der Waals surface area contributed by atoms with Crippen LogP contribution in [0.4, 0.5) is 0 Å². The van der Waals surface area contributed by atoms with Gasteiger partial charge < -0.3 is 4.90 Å². The molecule has 6 nitrogen and oxygen atoms in total. The summed E-state index contributed by atoms with van der Waals surface area (Å²) in [5, 5.41) is 1.02. The van der Waals surface area contributed by atoms with Crippen LogP contribution in [0, 0.1) is 13.8 Å². The van der Waals surface area contributed by atoms with Gasteiger partial charge in [0, 0.05) is 30.0 Å². The van der Waals surface area contributed by atoms with Crippen molar-refractivity contribution in [3.63, 3.8) is 0 Å². The lowest BCUT2D eigenvalue weighted by Crippen LogP contribution is -2.39. The van der Waals surface area contributed by atoms with E-state index in [1.807, 2.05) is 41.6 Å². The van der Waals surface area contributed by atoms with Crippen molar-refractivity contribution in [1.29, 1.82) is 0 Å². The molecule has 7 heteroatoms. The number of hydrogen-bond acceptors (Lipinski definition) is 5. The first-order valence-electron chi connectivity index (χ1n) is 8.64. The van der Waals surface area contributed by atoms with Crippen LogP contribution in [0.1, 0.15) is 46.6 Å². The first-order valence-corrected chi connectivity index (χ1v) is 9.45. The molecule has 0 bridgehead atoms. The molecular formula is C18H21N5OS. The minimum Gasteiger partial charge on any atom is -0.334 e. The largest absolute Gasteiger partial charge is 0.334 e. The predicted molar refractivity (Wildman–Crippen MR) is 96.6 cm³/mol. The van der Waals surface area contributed by atoms with Gasteiger partial charge in [0.05, 0.1) is 28.9 Å². The highest BCUT2D eigenvalue weighted by Crippen LogP contribution is 2.31. The number of amides is 1. The summed E-state index contributed by atoms with van der Waals surface area (Å²) in [6, 6.07) is 2.05. The van der Waals surface area contributed by atoms with Crippen LogP contribution in [0.3, 0.4) is 0 Å². The average molecular weight is 355 g/mol. The van der Waals surface area contributed by atoms with Crippen molar-refractivity contribution in [1.82, 2.24) is 24.3 Å². The third-order valence-corrected chi connectivity index (χ3v) is 5.83. The summed E-state index contributed by atoms with van der Waals surface area (Å²) in [5.41, 5.74) is 1.91. The van der Waals surface area contributed by atoms with Gasteiger partial charge in [0.25, 0.3) is 0 Å². The van der Waals surface area contributed by atoms with Gasteiger partial charge in [-0.25, -0.2) is 15.0 Å². The number of aromatic nitrogens is 4. The molecule has 4 heterocycles. The Morgan fingerprint density at radius 3 is 2.96 bits per heavy atom. The van der Waals surface area contributed by atoms with E-state index in [0.717, 1.165) is 47.1 Å². The van der Waals surface area contributed by atoms with Crippen molar-refractivity contribution in [3.8, 4) is 0 Å². The van der Waals surface area contributed by atoms with Gasteiger partial charge >= 0.3 is 0 Å². The number of piperidine rings is 1. The highest BCUT2D eigenvalue weighted by Gasteiger charge is 2.29. The molecule has 1 atom stereocenters. The summed E-state index contributed by atoms with van der Waals surface area (Å²) in [6.07, 6.45) is 9.15. The molecule has 3 aromatic heterocycles. The molecule has 0 aromatic carbocycles. The summed E-state index contributed by atoms with van der Waals surface area (Å²) < 4.78 is 1.89. The Hall–Kier alpha value is -2.28. The van der Waals surface area contributed by atoms with Gasteiger partial charge in [-0.1, -0.05) is 0 Å². The maximum atomic E-state index is 13.0. The zero-order valence-electron chi connectivity index (χ0n) is 14.5. The number of imidazole rings is 1. The third-order valence-electron chi connectivity index (χ3n) is 4.76. The van der Waals surface area contributed by atoms with E-state index in [1.165, 1.54) is 0 Å². The fourth-order valence-electron chi connectivity index (χ4n) is 3.52. The number of fused-ring (bicyclic) bond motifs is 1. The summed E-state index contributed by atoms with van der Waals surface area (Å²) in [5.74, 6) is 0.853. The van der Waals surface area contributed by atoms with E-state index in [2.05, 4.69) is 15.0 Å². The van der Waals surface area contributed by atoms with Gasteiger partial charge in [-0.15, -0.1) is 11.3 Å². The predicted octanol–water partition coefficient (Wildman–Crippen LogP) is 3.10. The van der Waals surface area contributed by atoms with Crippen molar-refractivity contribution in [2.45, 2.75) is 45.6 Å². The van der Waals surface area contributed by atoms with Gasteiger partial charge in [0.1, 0.15) is 0 Å². The molecule has 25 heavy (non-hydrogen) atoms. The lowest BCUT2D eigenvalue weighted by molar-refractivity contribution is -0.134. The summed E-state index contributed by atoms with van der Waals surface area (Å²) in [7, 11) is 0. The van der Waals surface area contributed by atoms with E-state index in [4.69, 9.17) is 0 Å². The fourth-order valence-corrected chi connectivity index (χ4v) is 4.45. The zero-order chi connectivity index (χ0) is 17.4. The Kier molecular flexibility index (Phi) is 4.25. The molecule has 0 aliphatic carbocycles. The van der Waals surface area contributed by atoms with Gasteiger partial charge in [-0.3, -0.25) is 9.20 Å². The molecule has 3 aromatic rings. The SMILES string of the molecule is Cc1nc(C)c(CC(=O)N2CCCCC2c2ccn3ccnc3n2)s1. The number of rotatable bonds is 3. The Bertz CT molecular complexity index is 915. The molecule has 1 amide bonds. The van der Waals surface area contributed by atoms with Gasteiger partial charge in [-0.05, 0) is 39.2 Å². The quantitative estimate of drug-likeness (QED) is 0.724. The molecule has 0 radical (unpaired) electrons. The number of thiazole rings is 1. The highest BCUT2D eigenvalue weighted by atomic mass is 32.1. The smallest absolute Gasteiger partial charge is 0.233 e. The number of carbonyl (C=O) groups excluding carboxylic acids is 1. The Labute approximate surface area is 150 Å². The standard InChI is InChI=1S/C18H21N5OS/c1-12-16(25-13(2)20-12)11-17(24)23-8-4-3-5-15(23)14-6-9-22-10-7-19-18(22)21-14/h6-7,9-10,15H,3-5,8,11H2,1-2H3. The molecular weight excluding hydrogens is 334 g/mol. The normalized spacial score (nSPS) is 18.0. The van der Waals surface area contributed by atoms with Crippen molar-refractivity contribution >= 4 is 23.0 Å². The maximum absolute atomic E-state index is 13.0. The molecule has 1 aliphatic rings. The molecule has 1 fully saturated rings. The van der Waals surface area contributed by atoms with Crippen LogP contribution < -0.4 is 0 Å². The number of carbonyl (C=O) groups is 1. The molecule has 1 aliphatic heterocycles. The van der Waals surface area contributed by atoms with Crippen LogP contribution in [0.25, 0.3) is 5.78 Å². The van der Waals surface area contributed by atoms with E-state index < -0.39 is 0 Å². The summed E-state index contributed by atoms with van der Waals surface area (Å²) in [6.45, 7) is 4.76. The topological polar surface area (TPSA) is 63.4 Å². The van der Waals surface area contributed by atoms with Gasteiger partial charge in [-0.2, -0.15) is 0 Å². The molecule has 0 N–H and O–H groups in total. The van der Waals surface area contributed by atoms with Gasteiger partial charge in [0.2, 0.25) is 11.7 Å². The number of nitrogens with zero attached hydrogens (tertiary/aromatic N) is 5. The van der Waals surface area contributed by atoms with Crippen molar-refractivity contribution in [2.75, 3.05) is 6.54 Å². The number of hydrogen-bond donors (Lipinski definition) is 0. The second-order valence-corrected chi connectivity index (χ2v) is 7.79. The average Bonchev–Trinajstić information content (AvgIpc) is 3.20. The van der Waals surface area contributed by atoms with Gasteiger partial charge in [0.15, 0.2) is 0 Å². The first-order chi connectivity index (χ1) is 12.1. The van der Waals surface area contributed by atoms with Crippen LogP contribution in [-0.2, 0) is 11.2 Å². The van der Waals surface area contributed by atoms with E-state index in [-0.39, 0.29) is 11.9 Å². The van der Waals surface area contributed by atoms with E-state index in [0.29, 0.717) is 12.2 Å². The minimum atomic E-state index is 0.0391. The van der Waals surface area contributed by atoms with Crippen LogP contribution in [0.15, 0.2) is 24.7 Å². The number of aryl methyl sites for hydroxylation is 2. The minimum absolute atomic E-state index is 0.0391. The monoisotopic (exact) mass is 355 g/mol. The molecule has 0 saturated carbocycles. The van der Waals surface area contributed by atoms with Crippen molar-refractivity contribution < 1.29 is 4.79 Å². The summed E-state index contributed by atoms with van der Waals surface area (Å²) in [4.78, 5) is 29.4. The third kappa shape index (κ3) is 3.16. The van der Waals surface area contributed by atoms with Crippen LogP contribution >= 0.6 is 11.3 Å². The van der Waals surface area contributed by atoms with Crippen molar-refractivity contribution in [2.24, 2.45) is 0 Å². The Morgan fingerprint density at radius 2 is 2.16 bits per heavy atom. The molecule has 1 unspecified atom stereocenters. The molecule has 1 saturated heterocycles. The van der Waals surface area contributed by atoms with E-state index in [9.17, 15) is 4.79 Å². The Balaban J connectivity index is 1.59. The van der Waals surface area contributed by atoms with E-state index in [1.54, 1.807) is 17.5 Å². The molecule has 4 rings (SSSR count). The molecule has 130 valence electrons.